The van der Waals surface area contributed by atoms with Crippen LogP contribution in [0.3, 0.4) is 0 Å². The van der Waals surface area contributed by atoms with Gasteiger partial charge in [0.05, 0.1) is 0 Å². The lowest BCUT2D eigenvalue weighted by Gasteiger charge is -2.10. The summed E-state index contributed by atoms with van der Waals surface area (Å²) in [6.07, 6.45) is 1.57. The average molecular weight is 379 g/mol. The zero-order chi connectivity index (χ0) is 18.8. The topological polar surface area (TPSA) is 81.4 Å². The molecule has 27 heavy (non-hydrogen) atoms. The second kappa shape index (κ2) is 7.16. The highest BCUT2D eigenvalue weighted by atomic mass is 32.1. The van der Waals surface area contributed by atoms with E-state index in [2.05, 4.69) is 20.6 Å². The van der Waals surface area contributed by atoms with Crippen LogP contribution in [0.2, 0.25) is 0 Å². The van der Waals surface area contributed by atoms with Gasteiger partial charge in [0.25, 0.3) is 5.91 Å². The second-order valence-electron chi connectivity index (χ2n) is 6.15. The summed E-state index contributed by atoms with van der Waals surface area (Å²) in [5.41, 5.74) is 3.83. The molecule has 0 aliphatic heterocycles. The summed E-state index contributed by atoms with van der Waals surface area (Å²) in [7, 11) is 0. The van der Waals surface area contributed by atoms with Gasteiger partial charge in [-0.25, -0.2) is 0 Å². The molecule has 0 atom stereocenters. The van der Waals surface area contributed by atoms with Gasteiger partial charge in [-0.3, -0.25) is 4.79 Å². The highest BCUT2D eigenvalue weighted by molar-refractivity contribution is 7.19. The molecule has 2 aromatic heterocycles. The van der Waals surface area contributed by atoms with Gasteiger partial charge in [-0.2, -0.15) is 9.61 Å². The minimum absolute atomic E-state index is 0.0394. The van der Waals surface area contributed by atoms with Gasteiger partial charge in [-0.1, -0.05) is 29.0 Å². The third-order valence-electron chi connectivity index (χ3n) is 3.99. The number of fused-ring (bicyclic) bond motifs is 1. The van der Waals surface area contributed by atoms with Crippen LogP contribution in [0.1, 0.15) is 11.1 Å². The molecule has 1 N–H and O–H groups in total. The Labute approximate surface area is 159 Å². The van der Waals surface area contributed by atoms with Gasteiger partial charge in [-0.15, -0.1) is 10.2 Å². The van der Waals surface area contributed by atoms with E-state index in [1.165, 1.54) is 11.3 Å². The number of amides is 1. The monoisotopic (exact) mass is 379 g/mol. The first-order valence-corrected chi connectivity index (χ1v) is 9.17. The Kier molecular flexibility index (Phi) is 4.55. The number of carbonyl (C=O) groups excluding carboxylic acids is 1. The predicted molar refractivity (Wildman–Crippen MR) is 104 cm³/mol. The summed E-state index contributed by atoms with van der Waals surface area (Å²) in [6.45, 7) is 3.95. The van der Waals surface area contributed by atoms with Crippen molar-refractivity contribution in [3.05, 3.63) is 59.9 Å². The summed E-state index contributed by atoms with van der Waals surface area (Å²) >= 11 is 1.46. The van der Waals surface area contributed by atoms with E-state index in [-0.39, 0.29) is 12.5 Å². The molecule has 4 aromatic rings. The van der Waals surface area contributed by atoms with Crippen LogP contribution in [0.4, 0.5) is 5.69 Å². The van der Waals surface area contributed by atoms with Crippen molar-refractivity contribution in [2.45, 2.75) is 13.8 Å². The number of nitrogens with one attached hydrogen (secondary N) is 1. The number of carbonyl (C=O) groups is 1. The van der Waals surface area contributed by atoms with Crippen LogP contribution in [0, 0.1) is 13.8 Å². The minimum atomic E-state index is -0.207. The minimum Gasteiger partial charge on any atom is -0.483 e. The molecule has 8 heteroatoms. The summed E-state index contributed by atoms with van der Waals surface area (Å²) < 4.78 is 7.25. The van der Waals surface area contributed by atoms with Crippen LogP contribution >= 0.6 is 11.3 Å². The maximum Gasteiger partial charge on any atom is 0.262 e. The first kappa shape index (κ1) is 17.2. The summed E-state index contributed by atoms with van der Waals surface area (Å²) in [5.74, 6) is 0.510. The van der Waals surface area contributed by atoms with Crippen molar-refractivity contribution < 1.29 is 9.53 Å². The number of aromatic nitrogens is 4. The highest BCUT2D eigenvalue weighted by Gasteiger charge is 2.09. The van der Waals surface area contributed by atoms with Gasteiger partial charge in [0.2, 0.25) is 4.96 Å². The van der Waals surface area contributed by atoms with E-state index in [0.29, 0.717) is 5.69 Å². The molecule has 2 aromatic carbocycles. The molecule has 2 heterocycles. The van der Waals surface area contributed by atoms with E-state index in [1.807, 2.05) is 56.3 Å². The maximum atomic E-state index is 12.1. The van der Waals surface area contributed by atoms with Gasteiger partial charge < -0.3 is 10.1 Å². The maximum absolute atomic E-state index is 12.1. The van der Waals surface area contributed by atoms with E-state index in [1.54, 1.807) is 10.8 Å². The number of benzene rings is 2. The first-order chi connectivity index (χ1) is 13.1. The Morgan fingerprint density at radius 3 is 2.74 bits per heavy atom. The molecule has 0 saturated carbocycles. The zero-order valence-corrected chi connectivity index (χ0v) is 15.7. The third-order valence-corrected chi connectivity index (χ3v) is 4.95. The Morgan fingerprint density at radius 2 is 2.00 bits per heavy atom. The van der Waals surface area contributed by atoms with Gasteiger partial charge in [0, 0.05) is 11.3 Å². The standard InChI is InChI=1S/C19H17N5O2S/c1-12-3-8-16(13(2)9-12)26-10-17(25)21-15-6-4-14(5-7-15)18-23-24-11-20-22-19(24)27-18/h3-9,11H,10H2,1-2H3,(H,21,25). The second-order valence-corrected chi connectivity index (χ2v) is 7.10. The molecule has 0 bridgehead atoms. The lowest BCUT2D eigenvalue weighted by atomic mass is 10.1. The molecule has 0 aliphatic carbocycles. The Bertz CT molecular complexity index is 1070. The smallest absolute Gasteiger partial charge is 0.262 e. The Morgan fingerprint density at radius 1 is 1.19 bits per heavy atom. The Hall–Kier alpha value is -3.26. The fourth-order valence-corrected chi connectivity index (χ4v) is 3.50. The quantitative estimate of drug-likeness (QED) is 0.574. The predicted octanol–water partition coefficient (Wildman–Crippen LogP) is 3.49. The number of anilines is 1. The van der Waals surface area contributed by atoms with E-state index in [9.17, 15) is 4.79 Å². The molecule has 136 valence electrons. The molecule has 1 amide bonds. The third kappa shape index (κ3) is 3.80. The highest BCUT2D eigenvalue weighted by Crippen LogP contribution is 2.26. The molecule has 0 fully saturated rings. The fourth-order valence-electron chi connectivity index (χ4n) is 2.67. The van der Waals surface area contributed by atoms with Crippen LogP contribution < -0.4 is 10.1 Å². The largest absolute Gasteiger partial charge is 0.483 e. The van der Waals surface area contributed by atoms with E-state index < -0.39 is 0 Å². The zero-order valence-electron chi connectivity index (χ0n) is 14.8. The van der Waals surface area contributed by atoms with Gasteiger partial charge >= 0.3 is 0 Å². The Balaban J connectivity index is 1.37. The SMILES string of the molecule is Cc1ccc(OCC(=O)Nc2ccc(-c3nn4cnnc4s3)cc2)c(C)c1. The van der Waals surface area contributed by atoms with Gasteiger partial charge in [-0.05, 0) is 49.7 Å². The number of hydrogen-bond acceptors (Lipinski definition) is 6. The van der Waals surface area contributed by atoms with Crippen molar-refractivity contribution in [3.63, 3.8) is 0 Å². The van der Waals surface area contributed by atoms with Gasteiger partial charge in [0.1, 0.15) is 17.1 Å². The van der Waals surface area contributed by atoms with Crippen molar-refractivity contribution in [2.75, 3.05) is 11.9 Å². The van der Waals surface area contributed by atoms with Crippen molar-refractivity contribution in [3.8, 4) is 16.3 Å². The van der Waals surface area contributed by atoms with Crippen LogP contribution in [0.15, 0.2) is 48.8 Å². The molecule has 0 unspecified atom stereocenters. The van der Waals surface area contributed by atoms with Crippen LogP contribution in [-0.2, 0) is 4.79 Å². The van der Waals surface area contributed by atoms with Crippen molar-refractivity contribution in [1.29, 1.82) is 0 Å². The first-order valence-electron chi connectivity index (χ1n) is 8.36. The molecule has 7 nitrogen and oxygen atoms in total. The number of aryl methyl sites for hydroxylation is 2. The van der Waals surface area contributed by atoms with Gasteiger partial charge in [0.15, 0.2) is 6.61 Å². The summed E-state index contributed by atoms with van der Waals surface area (Å²) in [4.78, 5) is 12.9. The van der Waals surface area contributed by atoms with E-state index in [0.717, 1.165) is 32.4 Å². The summed E-state index contributed by atoms with van der Waals surface area (Å²) in [6, 6.07) is 13.4. The molecular weight excluding hydrogens is 362 g/mol. The fraction of sp³-hybridized carbons (Fsp3) is 0.158. The lowest BCUT2D eigenvalue weighted by Crippen LogP contribution is -2.20. The average Bonchev–Trinajstić information content (AvgIpc) is 3.23. The molecular formula is C19H17N5O2S. The van der Waals surface area contributed by atoms with Crippen LogP contribution in [0.25, 0.3) is 15.5 Å². The number of hydrogen-bond donors (Lipinski definition) is 1. The van der Waals surface area contributed by atoms with Crippen LogP contribution in [-0.4, -0.2) is 32.3 Å². The molecule has 0 aliphatic rings. The number of ether oxygens (including phenoxy) is 1. The van der Waals surface area contributed by atoms with Crippen molar-refractivity contribution in [1.82, 2.24) is 19.8 Å². The lowest BCUT2D eigenvalue weighted by molar-refractivity contribution is -0.118. The normalized spacial score (nSPS) is 10.9. The summed E-state index contributed by atoms with van der Waals surface area (Å²) in [5, 5.41) is 15.9. The molecule has 0 radical (unpaired) electrons. The number of nitrogens with zero attached hydrogens (tertiary/aromatic N) is 4. The van der Waals surface area contributed by atoms with E-state index >= 15 is 0 Å². The molecule has 4 rings (SSSR count). The van der Waals surface area contributed by atoms with E-state index in [4.69, 9.17) is 4.74 Å². The van der Waals surface area contributed by atoms with Crippen molar-refractivity contribution in [2.24, 2.45) is 0 Å². The van der Waals surface area contributed by atoms with Crippen molar-refractivity contribution >= 4 is 27.9 Å². The molecule has 0 spiro atoms. The number of rotatable bonds is 5. The molecule has 0 saturated heterocycles. The van der Waals surface area contributed by atoms with Crippen LogP contribution in [0.5, 0.6) is 5.75 Å².